The highest BCUT2D eigenvalue weighted by molar-refractivity contribution is 5.85. The molecule has 2 rings (SSSR count). The highest BCUT2D eigenvalue weighted by Crippen LogP contribution is 2.19. The number of benzene rings is 2. The molecule has 27 heavy (non-hydrogen) atoms. The van der Waals surface area contributed by atoms with Crippen LogP contribution in [0, 0.1) is 0 Å². The molecule has 0 radical (unpaired) electrons. The molecule has 0 heterocycles. The van der Waals surface area contributed by atoms with E-state index in [-0.39, 0.29) is 30.5 Å². The molecule has 0 atom stereocenters. The molecule has 0 bridgehead atoms. The Kier molecular flexibility index (Phi) is 6.82. The number of nitrogens with one attached hydrogen (secondary N) is 2. The number of likely N-dealkylation sites (N-methyl/N-ethyl adjacent to an activating group) is 1. The van der Waals surface area contributed by atoms with Gasteiger partial charge in [-0.2, -0.15) is 0 Å². The molecule has 2 aromatic carbocycles. The van der Waals surface area contributed by atoms with Crippen molar-refractivity contribution in [3.8, 4) is 5.75 Å². The standard InChI is InChI=1S/C21H27N3O3/c1-21(2,3)23-19(25)14-24(4)20(26)15-27-18-12-10-17(11-13-18)22-16-8-6-5-7-9-16/h5-13,22H,14-15H2,1-4H3,(H,23,25). The Bertz CT molecular complexity index is 752. The Labute approximate surface area is 160 Å². The predicted octanol–water partition coefficient (Wildman–Crippen LogP) is 3.18. The van der Waals surface area contributed by atoms with Gasteiger partial charge in [0.1, 0.15) is 5.75 Å². The summed E-state index contributed by atoms with van der Waals surface area (Å²) in [5, 5.41) is 6.10. The summed E-state index contributed by atoms with van der Waals surface area (Å²) in [6.07, 6.45) is 0. The summed E-state index contributed by atoms with van der Waals surface area (Å²) in [6, 6.07) is 17.2. The smallest absolute Gasteiger partial charge is 0.260 e. The van der Waals surface area contributed by atoms with Crippen LogP contribution in [-0.2, 0) is 9.59 Å². The van der Waals surface area contributed by atoms with Crippen molar-refractivity contribution < 1.29 is 14.3 Å². The van der Waals surface area contributed by atoms with Crippen LogP contribution >= 0.6 is 0 Å². The van der Waals surface area contributed by atoms with Crippen LogP contribution < -0.4 is 15.4 Å². The number of nitrogens with zero attached hydrogens (tertiary/aromatic N) is 1. The molecule has 6 heteroatoms. The summed E-state index contributed by atoms with van der Waals surface area (Å²) in [5.74, 6) is 0.134. The van der Waals surface area contributed by atoms with E-state index in [1.807, 2.05) is 63.2 Å². The Morgan fingerprint density at radius 1 is 0.963 bits per heavy atom. The molecule has 2 N–H and O–H groups in total. The molecule has 0 spiro atoms. The molecule has 0 aliphatic carbocycles. The van der Waals surface area contributed by atoms with E-state index in [0.29, 0.717) is 5.75 Å². The van der Waals surface area contributed by atoms with Gasteiger partial charge in [0.15, 0.2) is 6.61 Å². The van der Waals surface area contributed by atoms with Crippen LogP contribution in [0.25, 0.3) is 0 Å². The number of para-hydroxylation sites is 1. The van der Waals surface area contributed by atoms with Gasteiger partial charge in [-0.25, -0.2) is 0 Å². The van der Waals surface area contributed by atoms with Crippen LogP contribution in [0.1, 0.15) is 20.8 Å². The van der Waals surface area contributed by atoms with E-state index in [9.17, 15) is 9.59 Å². The summed E-state index contributed by atoms with van der Waals surface area (Å²) in [7, 11) is 1.58. The first-order valence-corrected chi connectivity index (χ1v) is 8.83. The summed E-state index contributed by atoms with van der Waals surface area (Å²) in [5.41, 5.74) is 1.60. The minimum Gasteiger partial charge on any atom is -0.484 e. The third-order valence-corrected chi connectivity index (χ3v) is 3.60. The van der Waals surface area contributed by atoms with Crippen LogP contribution in [-0.4, -0.2) is 42.5 Å². The van der Waals surface area contributed by atoms with Gasteiger partial charge in [-0.1, -0.05) is 18.2 Å². The Morgan fingerprint density at radius 2 is 1.56 bits per heavy atom. The van der Waals surface area contributed by atoms with E-state index in [1.54, 1.807) is 19.2 Å². The topological polar surface area (TPSA) is 70.7 Å². The van der Waals surface area contributed by atoms with Gasteiger partial charge in [0.2, 0.25) is 5.91 Å². The fourth-order valence-electron chi connectivity index (χ4n) is 2.34. The largest absolute Gasteiger partial charge is 0.484 e. The summed E-state index contributed by atoms with van der Waals surface area (Å²) >= 11 is 0. The number of ether oxygens (including phenoxy) is 1. The highest BCUT2D eigenvalue weighted by atomic mass is 16.5. The Hall–Kier alpha value is -3.02. The molecule has 0 aliphatic rings. The second kappa shape index (κ2) is 9.07. The molecule has 0 aromatic heterocycles. The van der Waals surface area contributed by atoms with Crippen molar-refractivity contribution in [2.75, 3.05) is 25.5 Å². The molecule has 2 aromatic rings. The maximum atomic E-state index is 12.1. The quantitative estimate of drug-likeness (QED) is 0.786. The number of amides is 2. The van der Waals surface area contributed by atoms with Gasteiger partial charge in [0, 0.05) is 24.0 Å². The lowest BCUT2D eigenvalue weighted by molar-refractivity contribution is -0.136. The van der Waals surface area contributed by atoms with Crippen LogP contribution in [0.3, 0.4) is 0 Å². The van der Waals surface area contributed by atoms with Gasteiger partial charge >= 0.3 is 0 Å². The third-order valence-electron chi connectivity index (χ3n) is 3.60. The normalized spacial score (nSPS) is 10.8. The first-order chi connectivity index (χ1) is 12.7. The fourth-order valence-corrected chi connectivity index (χ4v) is 2.34. The predicted molar refractivity (Wildman–Crippen MR) is 107 cm³/mol. The number of hydrogen-bond donors (Lipinski definition) is 2. The van der Waals surface area contributed by atoms with E-state index in [4.69, 9.17) is 4.74 Å². The van der Waals surface area contributed by atoms with E-state index in [0.717, 1.165) is 11.4 Å². The van der Waals surface area contributed by atoms with Gasteiger partial charge in [-0.15, -0.1) is 0 Å². The first-order valence-electron chi connectivity index (χ1n) is 8.83. The Morgan fingerprint density at radius 3 is 2.15 bits per heavy atom. The van der Waals surface area contributed by atoms with Crippen molar-refractivity contribution in [3.05, 3.63) is 54.6 Å². The lowest BCUT2D eigenvalue weighted by Gasteiger charge is -2.23. The lowest BCUT2D eigenvalue weighted by atomic mass is 10.1. The summed E-state index contributed by atoms with van der Waals surface area (Å²) in [6.45, 7) is 5.56. The molecule has 6 nitrogen and oxygen atoms in total. The van der Waals surface area contributed by atoms with Gasteiger partial charge in [-0.3, -0.25) is 9.59 Å². The van der Waals surface area contributed by atoms with E-state index in [2.05, 4.69) is 10.6 Å². The number of anilines is 2. The number of hydrogen-bond acceptors (Lipinski definition) is 4. The van der Waals surface area contributed by atoms with Crippen LogP contribution in [0.4, 0.5) is 11.4 Å². The first kappa shape index (κ1) is 20.3. The van der Waals surface area contributed by atoms with Crippen molar-refractivity contribution in [1.29, 1.82) is 0 Å². The van der Waals surface area contributed by atoms with Crippen LogP contribution in [0.5, 0.6) is 5.75 Å². The Balaban J connectivity index is 1.80. The molecule has 0 fully saturated rings. The maximum absolute atomic E-state index is 12.1. The molecule has 2 amide bonds. The molecule has 144 valence electrons. The zero-order valence-corrected chi connectivity index (χ0v) is 16.3. The molecule has 0 aliphatic heterocycles. The van der Waals surface area contributed by atoms with E-state index < -0.39 is 0 Å². The van der Waals surface area contributed by atoms with Crippen molar-refractivity contribution >= 4 is 23.2 Å². The third kappa shape index (κ3) is 7.40. The van der Waals surface area contributed by atoms with Crippen molar-refractivity contribution in [2.24, 2.45) is 0 Å². The van der Waals surface area contributed by atoms with Gasteiger partial charge in [-0.05, 0) is 57.2 Å². The zero-order valence-electron chi connectivity index (χ0n) is 16.3. The van der Waals surface area contributed by atoms with Crippen molar-refractivity contribution in [2.45, 2.75) is 26.3 Å². The SMILES string of the molecule is CN(CC(=O)NC(C)(C)C)C(=O)COc1ccc(Nc2ccccc2)cc1. The minimum atomic E-state index is -0.326. The monoisotopic (exact) mass is 369 g/mol. The summed E-state index contributed by atoms with van der Waals surface area (Å²) < 4.78 is 5.53. The lowest BCUT2D eigenvalue weighted by Crippen LogP contribution is -2.47. The molecular weight excluding hydrogens is 342 g/mol. The van der Waals surface area contributed by atoms with Crippen LogP contribution in [0.15, 0.2) is 54.6 Å². The highest BCUT2D eigenvalue weighted by Gasteiger charge is 2.18. The fraction of sp³-hybridized carbons (Fsp3) is 0.333. The molecular formula is C21H27N3O3. The van der Waals surface area contributed by atoms with Gasteiger partial charge < -0.3 is 20.3 Å². The molecule has 0 unspecified atom stereocenters. The molecule has 0 saturated carbocycles. The van der Waals surface area contributed by atoms with E-state index >= 15 is 0 Å². The number of carbonyl (C=O) groups excluding carboxylic acids is 2. The van der Waals surface area contributed by atoms with Gasteiger partial charge in [0.25, 0.3) is 5.91 Å². The van der Waals surface area contributed by atoms with Crippen molar-refractivity contribution in [1.82, 2.24) is 10.2 Å². The summed E-state index contributed by atoms with van der Waals surface area (Å²) in [4.78, 5) is 25.4. The van der Waals surface area contributed by atoms with E-state index in [1.165, 1.54) is 4.90 Å². The number of rotatable bonds is 7. The minimum absolute atomic E-state index is 0.000598. The molecule has 0 saturated heterocycles. The second-order valence-electron chi connectivity index (χ2n) is 7.35. The van der Waals surface area contributed by atoms with Crippen molar-refractivity contribution in [3.63, 3.8) is 0 Å². The number of carbonyl (C=O) groups is 2. The average Bonchev–Trinajstić information content (AvgIpc) is 2.60. The van der Waals surface area contributed by atoms with Gasteiger partial charge in [0.05, 0.1) is 6.54 Å². The van der Waals surface area contributed by atoms with Crippen LogP contribution in [0.2, 0.25) is 0 Å². The average molecular weight is 369 g/mol. The zero-order chi connectivity index (χ0) is 19.9. The second-order valence-corrected chi connectivity index (χ2v) is 7.35. The maximum Gasteiger partial charge on any atom is 0.260 e.